The number of aryl methyl sites for hydroxylation is 1. The highest BCUT2D eigenvalue weighted by molar-refractivity contribution is 7.29. The highest BCUT2D eigenvalue weighted by Gasteiger charge is 2.17. The number of hydrogen-bond donors (Lipinski definition) is 0. The van der Waals surface area contributed by atoms with Crippen LogP contribution in [-0.2, 0) is 0 Å². The van der Waals surface area contributed by atoms with Gasteiger partial charge in [-0.1, -0.05) is 0 Å². The molecule has 0 N–H and O–H groups in total. The third-order valence-electron chi connectivity index (χ3n) is 6.05. The summed E-state index contributed by atoms with van der Waals surface area (Å²) in [6.45, 7) is 2.15. The van der Waals surface area contributed by atoms with Gasteiger partial charge in [-0.25, -0.2) is 0 Å². The zero-order valence-electron chi connectivity index (χ0n) is 18.8. The van der Waals surface area contributed by atoms with Crippen LogP contribution >= 0.6 is 68.8 Å². The van der Waals surface area contributed by atoms with E-state index >= 15 is 0 Å². The van der Waals surface area contributed by atoms with Crippen molar-refractivity contribution in [1.82, 2.24) is 17.5 Å². The maximum absolute atomic E-state index is 4.60. The van der Waals surface area contributed by atoms with Crippen LogP contribution in [0, 0.1) is 6.92 Å². The Hall–Kier alpha value is -3.00. The molecule has 0 bridgehead atoms. The van der Waals surface area contributed by atoms with Crippen LogP contribution in [-0.4, -0.2) is 17.5 Å². The van der Waals surface area contributed by atoms with Crippen LogP contribution in [0.15, 0.2) is 64.1 Å². The average molecular weight is 589 g/mol. The summed E-state index contributed by atoms with van der Waals surface area (Å²) in [4.78, 5) is 3.72. The second-order valence-corrected chi connectivity index (χ2v) is 13.8. The number of aromatic nitrogens is 4. The lowest BCUT2D eigenvalue weighted by Crippen LogP contribution is -1.80. The van der Waals surface area contributed by atoms with Crippen LogP contribution in [0.4, 0.5) is 11.4 Å². The van der Waals surface area contributed by atoms with Crippen LogP contribution in [0.5, 0.6) is 0 Å². The number of benzene rings is 2. The predicted molar refractivity (Wildman–Crippen MR) is 161 cm³/mol. The van der Waals surface area contributed by atoms with Gasteiger partial charge < -0.3 is 0 Å². The number of azo groups is 1. The first kappa shape index (κ1) is 22.0. The Morgan fingerprint density at radius 3 is 1.76 bits per heavy atom. The van der Waals surface area contributed by atoms with Crippen molar-refractivity contribution in [2.24, 2.45) is 10.2 Å². The lowest BCUT2D eigenvalue weighted by Gasteiger charge is -2.02. The van der Waals surface area contributed by atoms with Gasteiger partial charge in [0, 0.05) is 44.6 Å². The van der Waals surface area contributed by atoms with Crippen LogP contribution in [0.3, 0.4) is 0 Å². The Kier molecular flexibility index (Phi) is 5.07. The molecule has 0 spiro atoms. The lowest BCUT2D eigenvalue weighted by atomic mass is 10.1. The highest BCUT2D eigenvalue weighted by Crippen LogP contribution is 2.43. The van der Waals surface area contributed by atoms with E-state index < -0.39 is 0 Å². The third-order valence-corrected chi connectivity index (χ3v) is 11.5. The summed E-state index contributed by atoms with van der Waals surface area (Å²) in [6, 6.07) is 17.0. The smallest absolute Gasteiger partial charge is 0.132 e. The molecule has 0 aliphatic carbocycles. The first-order chi connectivity index (χ1) is 18.2. The predicted octanol–water partition coefficient (Wildman–Crippen LogP) is 10.3. The summed E-state index contributed by atoms with van der Waals surface area (Å²) < 4.78 is 23.5. The van der Waals surface area contributed by atoms with Crippen LogP contribution in [0.25, 0.3) is 61.7 Å². The second-order valence-electron chi connectivity index (χ2n) is 8.34. The quantitative estimate of drug-likeness (QED) is 0.192. The number of thiophene rings is 4. The third kappa shape index (κ3) is 3.59. The highest BCUT2D eigenvalue weighted by atomic mass is 32.1. The van der Waals surface area contributed by atoms with Crippen molar-refractivity contribution >= 4 is 121 Å². The first-order valence-electron chi connectivity index (χ1n) is 11.1. The molecular weight excluding hydrogens is 577 g/mol. The van der Waals surface area contributed by atoms with E-state index in [0.717, 1.165) is 33.2 Å². The minimum absolute atomic E-state index is 0.695. The van der Waals surface area contributed by atoms with Gasteiger partial charge in [-0.3, -0.25) is 0 Å². The maximum atomic E-state index is 4.60. The van der Waals surface area contributed by atoms with Gasteiger partial charge >= 0.3 is 0 Å². The molecule has 0 radical (unpaired) electrons. The van der Waals surface area contributed by atoms with Crippen molar-refractivity contribution in [3.63, 3.8) is 0 Å². The molecule has 2 aromatic carbocycles. The topological polar surface area (TPSA) is 76.3 Å². The Labute approximate surface area is 233 Å². The first-order valence-corrected chi connectivity index (χ1v) is 15.9. The normalized spacial score (nSPS) is 12.4. The summed E-state index contributed by atoms with van der Waals surface area (Å²) in [5.41, 5.74) is 6.81. The van der Waals surface area contributed by atoms with Crippen molar-refractivity contribution in [1.29, 1.82) is 0 Å². The molecule has 0 amide bonds. The van der Waals surface area contributed by atoms with E-state index in [-0.39, 0.29) is 0 Å². The molecule has 6 heterocycles. The largest absolute Gasteiger partial charge is 0.172 e. The molecule has 0 aliphatic rings. The Morgan fingerprint density at radius 1 is 0.568 bits per heavy atom. The second kappa shape index (κ2) is 8.51. The number of rotatable bonds is 4. The SMILES string of the molecule is Cc1cc2sc(-c3ccc(N=Nc4ccc(-c5cc6sccc6s5)c5nsnc45)c4nsnc34)cc2s1. The summed E-state index contributed by atoms with van der Waals surface area (Å²) in [5, 5.41) is 11.3. The fourth-order valence-electron chi connectivity index (χ4n) is 4.36. The molecule has 37 heavy (non-hydrogen) atoms. The zero-order valence-corrected chi connectivity index (χ0v) is 23.7. The summed E-state index contributed by atoms with van der Waals surface area (Å²) in [6.07, 6.45) is 0. The summed E-state index contributed by atoms with van der Waals surface area (Å²) >= 11 is 9.55. The molecule has 0 aliphatic heterocycles. The van der Waals surface area contributed by atoms with Gasteiger partial charge in [0.05, 0.1) is 23.5 Å². The minimum atomic E-state index is 0.695. The van der Waals surface area contributed by atoms with E-state index in [0.29, 0.717) is 11.4 Å². The Morgan fingerprint density at radius 2 is 1.14 bits per heavy atom. The van der Waals surface area contributed by atoms with Crippen molar-refractivity contribution in [2.75, 3.05) is 0 Å². The van der Waals surface area contributed by atoms with Gasteiger partial charge in [0.2, 0.25) is 0 Å². The molecule has 0 fully saturated rings. The molecule has 178 valence electrons. The van der Waals surface area contributed by atoms with Crippen molar-refractivity contribution in [3.05, 3.63) is 58.8 Å². The fourth-order valence-corrected chi connectivity index (χ4v) is 9.98. The lowest BCUT2D eigenvalue weighted by molar-refractivity contribution is 1.24. The Balaban J connectivity index is 1.18. The van der Waals surface area contributed by atoms with E-state index in [4.69, 9.17) is 0 Å². The van der Waals surface area contributed by atoms with Gasteiger partial charge in [-0.2, -0.15) is 17.5 Å². The van der Waals surface area contributed by atoms with Crippen molar-refractivity contribution in [3.8, 4) is 20.9 Å². The van der Waals surface area contributed by atoms with Crippen LogP contribution < -0.4 is 0 Å². The van der Waals surface area contributed by atoms with E-state index in [1.54, 1.807) is 34.0 Å². The average Bonchev–Trinajstić information content (AvgIpc) is 3.69. The minimum Gasteiger partial charge on any atom is -0.172 e. The van der Waals surface area contributed by atoms with Crippen LogP contribution in [0.2, 0.25) is 0 Å². The molecule has 0 unspecified atom stereocenters. The molecule has 6 nitrogen and oxygen atoms in total. The van der Waals surface area contributed by atoms with Crippen molar-refractivity contribution in [2.45, 2.75) is 6.92 Å². The Bertz CT molecular complexity index is 2070. The molecule has 8 rings (SSSR count). The number of hydrogen-bond acceptors (Lipinski definition) is 12. The molecule has 8 aromatic rings. The van der Waals surface area contributed by atoms with Gasteiger partial charge in [-0.15, -0.1) is 55.6 Å². The van der Waals surface area contributed by atoms with Gasteiger partial charge in [0.15, 0.2) is 0 Å². The van der Waals surface area contributed by atoms with E-state index in [9.17, 15) is 0 Å². The van der Waals surface area contributed by atoms with E-state index in [1.165, 1.54) is 56.9 Å². The van der Waals surface area contributed by atoms with E-state index in [1.807, 2.05) is 23.5 Å². The molecular formula is C25H12N6S6. The fraction of sp³-hybridized carbons (Fsp3) is 0.0400. The standard InChI is InChI=1S/C25H12N6S6/c1-11-8-20-21(33-11)10-18(35-20)13-3-5-15(25-23(13)29-37-31-25)27-26-14-4-2-12(22-24(14)30-36-28-22)17-9-19-16(34-17)6-7-32-19/h2-10H,1H3. The van der Waals surface area contributed by atoms with Gasteiger partial charge in [-0.05, 0) is 60.8 Å². The molecule has 12 heteroatoms. The van der Waals surface area contributed by atoms with Crippen molar-refractivity contribution < 1.29 is 0 Å². The molecule has 0 saturated carbocycles. The zero-order chi connectivity index (χ0) is 24.5. The summed E-state index contributed by atoms with van der Waals surface area (Å²) in [5.74, 6) is 0. The molecule has 6 aromatic heterocycles. The number of nitrogens with zero attached hydrogens (tertiary/aromatic N) is 6. The van der Waals surface area contributed by atoms with Gasteiger partial charge in [0.1, 0.15) is 33.4 Å². The molecule has 0 atom stereocenters. The molecule has 0 saturated heterocycles. The number of fused-ring (bicyclic) bond motifs is 4. The monoisotopic (exact) mass is 588 g/mol. The maximum Gasteiger partial charge on any atom is 0.132 e. The summed E-state index contributed by atoms with van der Waals surface area (Å²) in [7, 11) is 0. The van der Waals surface area contributed by atoms with Gasteiger partial charge in [0.25, 0.3) is 0 Å². The van der Waals surface area contributed by atoms with E-state index in [2.05, 4.69) is 76.4 Å². The van der Waals surface area contributed by atoms with Crippen LogP contribution in [0.1, 0.15) is 4.88 Å².